The molecule has 2 rings (SSSR count). The quantitative estimate of drug-likeness (QED) is 0.867. The first kappa shape index (κ1) is 12.9. The molecule has 98 valence electrons. The molecule has 1 fully saturated rings. The van der Waals surface area contributed by atoms with Crippen molar-refractivity contribution in [2.45, 2.75) is 6.42 Å². The minimum Gasteiger partial charge on any atom is -0.481 e. The van der Waals surface area contributed by atoms with Gasteiger partial charge in [-0.15, -0.1) is 0 Å². The SMILES string of the molecule is O=C(O)Cc1ccccc1N1CCS(=O)(=O)CC1. The highest BCUT2D eigenvalue weighted by atomic mass is 32.2. The van der Waals surface area contributed by atoms with Crippen LogP contribution in [0.4, 0.5) is 5.69 Å². The Morgan fingerprint density at radius 1 is 1.22 bits per heavy atom. The van der Waals surface area contributed by atoms with Crippen molar-refractivity contribution >= 4 is 21.5 Å². The van der Waals surface area contributed by atoms with E-state index in [2.05, 4.69) is 0 Å². The molecule has 5 nitrogen and oxygen atoms in total. The van der Waals surface area contributed by atoms with Gasteiger partial charge in [0, 0.05) is 18.8 Å². The van der Waals surface area contributed by atoms with Crippen LogP contribution in [0.25, 0.3) is 0 Å². The number of carboxylic acids is 1. The summed E-state index contributed by atoms with van der Waals surface area (Å²) in [6.07, 6.45) is -0.0422. The number of carboxylic acid groups (broad SMARTS) is 1. The normalized spacial score (nSPS) is 18.6. The molecule has 0 saturated carbocycles. The average Bonchev–Trinajstić information content (AvgIpc) is 2.29. The number of rotatable bonds is 3. The van der Waals surface area contributed by atoms with Crippen molar-refractivity contribution in [2.75, 3.05) is 29.5 Å². The molecule has 0 spiro atoms. The maximum Gasteiger partial charge on any atom is 0.307 e. The molecule has 1 aliphatic rings. The van der Waals surface area contributed by atoms with Gasteiger partial charge in [0.15, 0.2) is 9.84 Å². The summed E-state index contributed by atoms with van der Waals surface area (Å²) in [4.78, 5) is 12.7. The molecule has 0 aromatic heterocycles. The van der Waals surface area contributed by atoms with Crippen molar-refractivity contribution in [1.29, 1.82) is 0 Å². The number of nitrogens with zero attached hydrogens (tertiary/aromatic N) is 1. The van der Waals surface area contributed by atoms with E-state index < -0.39 is 15.8 Å². The lowest BCUT2D eigenvalue weighted by Crippen LogP contribution is -2.40. The number of hydrogen-bond donors (Lipinski definition) is 1. The molecule has 1 N–H and O–H groups in total. The van der Waals surface area contributed by atoms with Crippen LogP contribution < -0.4 is 4.90 Å². The maximum absolute atomic E-state index is 11.4. The van der Waals surface area contributed by atoms with Gasteiger partial charge >= 0.3 is 5.97 Å². The van der Waals surface area contributed by atoms with Gasteiger partial charge in [-0.25, -0.2) is 8.42 Å². The fourth-order valence-corrected chi connectivity index (χ4v) is 3.29. The number of hydrogen-bond acceptors (Lipinski definition) is 4. The molecule has 0 atom stereocenters. The molecule has 0 amide bonds. The van der Waals surface area contributed by atoms with Crippen LogP contribution >= 0.6 is 0 Å². The summed E-state index contributed by atoms with van der Waals surface area (Å²) < 4.78 is 22.7. The van der Waals surface area contributed by atoms with E-state index in [0.29, 0.717) is 13.1 Å². The van der Waals surface area contributed by atoms with E-state index in [9.17, 15) is 13.2 Å². The highest BCUT2D eigenvalue weighted by molar-refractivity contribution is 7.91. The van der Waals surface area contributed by atoms with Crippen molar-refractivity contribution in [1.82, 2.24) is 0 Å². The third-order valence-corrected chi connectivity index (χ3v) is 4.63. The Hall–Kier alpha value is -1.56. The van der Waals surface area contributed by atoms with Crippen LogP contribution in [-0.2, 0) is 21.1 Å². The third-order valence-electron chi connectivity index (χ3n) is 3.02. The predicted molar refractivity (Wildman–Crippen MR) is 68.6 cm³/mol. The Kier molecular flexibility index (Phi) is 3.56. The first-order chi connectivity index (χ1) is 8.48. The van der Waals surface area contributed by atoms with Gasteiger partial charge in [-0.1, -0.05) is 18.2 Å². The van der Waals surface area contributed by atoms with Crippen LogP contribution in [0.3, 0.4) is 0 Å². The minimum atomic E-state index is -2.92. The number of para-hydroxylation sites is 1. The van der Waals surface area contributed by atoms with E-state index in [4.69, 9.17) is 5.11 Å². The van der Waals surface area contributed by atoms with E-state index >= 15 is 0 Å². The van der Waals surface area contributed by atoms with E-state index in [-0.39, 0.29) is 17.9 Å². The average molecular weight is 269 g/mol. The summed E-state index contributed by atoms with van der Waals surface area (Å²) in [5, 5.41) is 8.86. The Labute approximate surface area is 106 Å². The van der Waals surface area contributed by atoms with E-state index in [1.807, 2.05) is 17.0 Å². The second-order valence-electron chi connectivity index (χ2n) is 4.34. The fraction of sp³-hybridized carbons (Fsp3) is 0.417. The zero-order chi connectivity index (χ0) is 13.2. The lowest BCUT2D eigenvalue weighted by atomic mass is 10.1. The first-order valence-corrected chi connectivity index (χ1v) is 7.55. The molecule has 1 saturated heterocycles. The molecule has 6 heteroatoms. The molecule has 0 radical (unpaired) electrons. The van der Waals surface area contributed by atoms with Crippen molar-refractivity contribution in [3.05, 3.63) is 29.8 Å². The summed E-state index contributed by atoms with van der Waals surface area (Å²) >= 11 is 0. The lowest BCUT2D eigenvalue weighted by Gasteiger charge is -2.30. The molecular weight excluding hydrogens is 254 g/mol. The zero-order valence-electron chi connectivity index (χ0n) is 9.87. The molecule has 1 aliphatic heterocycles. The van der Waals surface area contributed by atoms with Gasteiger partial charge in [0.25, 0.3) is 0 Å². The van der Waals surface area contributed by atoms with Gasteiger partial charge in [0.05, 0.1) is 17.9 Å². The maximum atomic E-state index is 11.4. The molecular formula is C12H15NO4S. The van der Waals surface area contributed by atoms with Gasteiger partial charge in [-0.05, 0) is 11.6 Å². The van der Waals surface area contributed by atoms with Crippen molar-refractivity contribution in [3.63, 3.8) is 0 Å². The molecule has 1 aromatic rings. The smallest absolute Gasteiger partial charge is 0.307 e. The second kappa shape index (κ2) is 4.97. The van der Waals surface area contributed by atoms with Crippen LogP contribution in [0.15, 0.2) is 24.3 Å². The lowest BCUT2D eigenvalue weighted by molar-refractivity contribution is -0.136. The largest absolute Gasteiger partial charge is 0.481 e. The van der Waals surface area contributed by atoms with E-state index in [0.717, 1.165) is 11.3 Å². The monoisotopic (exact) mass is 269 g/mol. The van der Waals surface area contributed by atoms with Gasteiger partial charge in [-0.2, -0.15) is 0 Å². The summed E-state index contributed by atoms with van der Waals surface area (Å²) in [7, 11) is -2.92. The van der Waals surface area contributed by atoms with Gasteiger partial charge in [0.2, 0.25) is 0 Å². The number of sulfone groups is 1. The van der Waals surface area contributed by atoms with E-state index in [1.165, 1.54) is 0 Å². The molecule has 0 bridgehead atoms. The highest BCUT2D eigenvalue weighted by Crippen LogP contribution is 2.22. The molecule has 1 aromatic carbocycles. The number of aliphatic carboxylic acids is 1. The summed E-state index contributed by atoms with van der Waals surface area (Å²) in [5.41, 5.74) is 1.55. The van der Waals surface area contributed by atoms with E-state index in [1.54, 1.807) is 12.1 Å². The summed E-state index contributed by atoms with van der Waals surface area (Å²) in [5.74, 6) is -0.616. The Balaban J connectivity index is 2.21. The second-order valence-corrected chi connectivity index (χ2v) is 6.64. The number of benzene rings is 1. The first-order valence-electron chi connectivity index (χ1n) is 5.73. The van der Waals surface area contributed by atoms with Gasteiger partial charge in [-0.3, -0.25) is 4.79 Å². The van der Waals surface area contributed by atoms with Gasteiger partial charge in [0.1, 0.15) is 0 Å². The Morgan fingerprint density at radius 2 is 1.83 bits per heavy atom. The molecule has 1 heterocycles. The predicted octanol–water partition coefficient (Wildman–Crippen LogP) is 0.549. The van der Waals surface area contributed by atoms with Crippen molar-refractivity contribution < 1.29 is 18.3 Å². The minimum absolute atomic E-state index is 0.0422. The topological polar surface area (TPSA) is 74.7 Å². The molecule has 0 aliphatic carbocycles. The van der Waals surface area contributed by atoms with Crippen LogP contribution in [0.5, 0.6) is 0 Å². The fourth-order valence-electron chi connectivity index (χ4n) is 2.09. The van der Waals surface area contributed by atoms with Crippen LogP contribution in [-0.4, -0.2) is 44.1 Å². The third kappa shape index (κ3) is 3.01. The number of anilines is 1. The number of carbonyl (C=O) groups is 1. The Morgan fingerprint density at radius 3 is 2.44 bits per heavy atom. The van der Waals surface area contributed by atoms with Crippen LogP contribution in [0.2, 0.25) is 0 Å². The highest BCUT2D eigenvalue weighted by Gasteiger charge is 2.23. The Bertz CT molecular complexity index is 539. The van der Waals surface area contributed by atoms with Crippen LogP contribution in [0.1, 0.15) is 5.56 Å². The standard InChI is InChI=1S/C12H15NO4S/c14-12(15)9-10-3-1-2-4-11(10)13-5-7-18(16,17)8-6-13/h1-4H,5-9H2,(H,14,15). The molecule has 0 unspecified atom stereocenters. The zero-order valence-corrected chi connectivity index (χ0v) is 10.7. The van der Waals surface area contributed by atoms with Crippen molar-refractivity contribution in [2.24, 2.45) is 0 Å². The summed E-state index contributed by atoms with van der Waals surface area (Å²) in [6.45, 7) is 0.859. The van der Waals surface area contributed by atoms with Crippen LogP contribution in [0, 0.1) is 0 Å². The van der Waals surface area contributed by atoms with Crippen molar-refractivity contribution in [3.8, 4) is 0 Å². The molecule has 18 heavy (non-hydrogen) atoms. The van der Waals surface area contributed by atoms with Gasteiger partial charge < -0.3 is 10.0 Å². The summed E-state index contributed by atoms with van der Waals surface area (Å²) in [6, 6.07) is 7.25.